The molecule has 240 valence electrons. The van der Waals surface area contributed by atoms with Gasteiger partial charge in [0, 0.05) is 84.6 Å². The Morgan fingerprint density at radius 1 is 0.575 bits per heavy atom. The molecule has 10 nitrogen and oxygen atoms in total. The summed E-state index contributed by atoms with van der Waals surface area (Å²) in [6.45, 7) is 27.5. The third-order valence-electron chi connectivity index (χ3n) is 2.77. The standard InChI is InChI=1S/C5H12N2.C5H9NO.C4H10NO.3C4H9N.C3H6O.CH4/c1-5(2)6-7(3)4;1-4(2)6-5(3)7;1-4(2)5(3)6;3*1-4(2)5-3;1-3(2)4;/h1-4H3;1-3H3;6H,1-3H3;3*1-3H3;1-2H3;1H4/q;;+1;;;;;. The summed E-state index contributed by atoms with van der Waals surface area (Å²) in [6, 6.07) is 0. The van der Waals surface area contributed by atoms with Gasteiger partial charge >= 0.3 is 0 Å². The van der Waals surface area contributed by atoms with E-state index in [2.05, 4.69) is 25.1 Å². The number of hydroxylamine groups is 1. The number of Topliss-reactive ketones (excluding diaryl/α,β-unsaturated/α-hetero) is 1. The van der Waals surface area contributed by atoms with Crippen LogP contribution >= 0.6 is 0 Å². The first-order chi connectivity index (χ1) is 17.4. The fourth-order valence-electron chi connectivity index (χ4n) is 0.715. The molecule has 0 radical (unpaired) electrons. The van der Waals surface area contributed by atoms with Crippen LogP contribution in [0.15, 0.2) is 25.1 Å². The monoisotopic (exact) mass is 575 g/mol. The van der Waals surface area contributed by atoms with Crippen LogP contribution < -0.4 is 0 Å². The molecule has 0 aromatic rings. The van der Waals surface area contributed by atoms with Crippen LogP contribution in [-0.2, 0) is 9.59 Å². The van der Waals surface area contributed by atoms with Crippen molar-refractivity contribution >= 4 is 46.0 Å². The predicted octanol–water partition coefficient (Wildman–Crippen LogP) is 6.98. The molecule has 0 saturated carbocycles. The number of ketones is 1. The second-order valence-corrected chi connectivity index (χ2v) is 9.36. The van der Waals surface area contributed by atoms with E-state index in [0.29, 0.717) is 0 Å². The van der Waals surface area contributed by atoms with Crippen LogP contribution in [0.1, 0.15) is 111 Å². The molecule has 0 heterocycles. The largest absolute Gasteiger partial charge is 0.303 e. The van der Waals surface area contributed by atoms with Crippen LogP contribution in [0.2, 0.25) is 0 Å². The average molecular weight is 575 g/mol. The summed E-state index contributed by atoms with van der Waals surface area (Å²) < 4.78 is 1.08. The molecular formula is C30H68N7O3+. The predicted molar refractivity (Wildman–Crippen MR) is 183 cm³/mol. The van der Waals surface area contributed by atoms with Gasteiger partial charge in [0.2, 0.25) is 5.91 Å². The first kappa shape index (κ1) is 57.0. The molecule has 0 spiro atoms. The first-order valence-corrected chi connectivity index (χ1v) is 12.6. The highest BCUT2D eigenvalue weighted by molar-refractivity contribution is 5.91. The van der Waals surface area contributed by atoms with Gasteiger partial charge in [0.1, 0.15) is 5.78 Å². The van der Waals surface area contributed by atoms with Crippen molar-refractivity contribution in [3.05, 3.63) is 0 Å². The number of carbonyl (C=O) groups is 2. The first-order valence-electron chi connectivity index (χ1n) is 12.6. The molecule has 0 aliphatic carbocycles. The average Bonchev–Trinajstić information content (AvgIpc) is 2.73. The van der Waals surface area contributed by atoms with Crippen LogP contribution in [-0.4, -0.2) is 103 Å². The molecule has 40 heavy (non-hydrogen) atoms. The Morgan fingerprint density at radius 2 is 0.775 bits per heavy atom. The maximum atomic E-state index is 10.1. The lowest BCUT2D eigenvalue weighted by atomic mass is 10.5. The maximum absolute atomic E-state index is 10.1. The minimum absolute atomic E-state index is 0. The Labute approximate surface area is 249 Å². The van der Waals surface area contributed by atoms with Crippen LogP contribution in [0.3, 0.4) is 0 Å². The van der Waals surface area contributed by atoms with Crippen molar-refractivity contribution in [2.45, 2.75) is 111 Å². The minimum Gasteiger partial charge on any atom is -0.303 e. The van der Waals surface area contributed by atoms with Gasteiger partial charge in [0.05, 0.1) is 0 Å². The number of aliphatic imine (C=N–C) groups is 4. The molecule has 0 aliphatic rings. The molecule has 0 saturated heterocycles. The van der Waals surface area contributed by atoms with Crippen LogP contribution in [0.25, 0.3) is 0 Å². The van der Waals surface area contributed by atoms with E-state index in [0.717, 1.165) is 39.0 Å². The van der Waals surface area contributed by atoms with E-state index in [9.17, 15) is 9.59 Å². The lowest BCUT2D eigenvalue weighted by Crippen LogP contribution is -2.04. The fourth-order valence-corrected chi connectivity index (χ4v) is 0.715. The Balaban J connectivity index is -0.0000000500. The lowest BCUT2D eigenvalue weighted by Gasteiger charge is -2.02. The summed E-state index contributed by atoms with van der Waals surface area (Å²) in [5, 5.41) is 14.2. The number of rotatable bonds is 1. The van der Waals surface area contributed by atoms with Gasteiger partial charge in [-0.3, -0.25) is 25.0 Å². The van der Waals surface area contributed by atoms with Crippen LogP contribution in [0, 0.1) is 0 Å². The van der Waals surface area contributed by atoms with E-state index in [-0.39, 0.29) is 19.1 Å². The topological polar surface area (TPSA) is 122 Å². The molecular weight excluding hydrogens is 506 g/mol. The molecule has 1 amide bonds. The lowest BCUT2D eigenvalue weighted by molar-refractivity contribution is -0.755. The highest BCUT2D eigenvalue weighted by Gasteiger charge is 1.87. The Kier molecular flexibility index (Phi) is 61.3. The summed E-state index contributed by atoms with van der Waals surface area (Å²) in [7, 11) is 10.8. The normalized spacial score (nSPS) is 7.22. The van der Waals surface area contributed by atoms with E-state index in [4.69, 9.17) is 5.21 Å². The zero-order chi connectivity index (χ0) is 33.3. The zero-order valence-electron chi connectivity index (χ0n) is 29.4. The van der Waals surface area contributed by atoms with Crippen molar-refractivity contribution in [2.24, 2.45) is 25.1 Å². The highest BCUT2D eigenvalue weighted by atomic mass is 16.5. The third kappa shape index (κ3) is 180. The number of hydrazone groups is 1. The Bertz CT molecular complexity index is 711. The summed E-state index contributed by atoms with van der Waals surface area (Å²) in [4.78, 5) is 34.5. The van der Waals surface area contributed by atoms with Gasteiger partial charge in [0.25, 0.3) is 0 Å². The number of amides is 1. The summed E-state index contributed by atoms with van der Waals surface area (Å²) >= 11 is 0. The van der Waals surface area contributed by atoms with Crippen molar-refractivity contribution in [3.63, 3.8) is 0 Å². The molecule has 0 aromatic carbocycles. The van der Waals surface area contributed by atoms with Crippen molar-refractivity contribution < 1.29 is 19.5 Å². The van der Waals surface area contributed by atoms with Crippen molar-refractivity contribution in [3.8, 4) is 0 Å². The van der Waals surface area contributed by atoms with Gasteiger partial charge in [-0.25, -0.2) is 4.99 Å². The van der Waals surface area contributed by atoms with Gasteiger partial charge in [-0.2, -0.15) is 5.10 Å². The van der Waals surface area contributed by atoms with Gasteiger partial charge in [0.15, 0.2) is 12.8 Å². The third-order valence-corrected chi connectivity index (χ3v) is 2.77. The van der Waals surface area contributed by atoms with E-state index in [1.54, 1.807) is 47.0 Å². The van der Waals surface area contributed by atoms with E-state index >= 15 is 0 Å². The van der Waals surface area contributed by atoms with Crippen molar-refractivity contribution in [2.75, 3.05) is 42.3 Å². The molecule has 0 fully saturated rings. The van der Waals surface area contributed by atoms with Crippen molar-refractivity contribution in [1.29, 1.82) is 0 Å². The molecule has 0 atom stereocenters. The molecule has 0 bridgehead atoms. The molecule has 10 heteroatoms. The summed E-state index contributed by atoms with van der Waals surface area (Å²) in [5.41, 5.74) is 6.19. The van der Waals surface area contributed by atoms with Gasteiger partial charge < -0.3 is 9.80 Å². The van der Waals surface area contributed by atoms with Gasteiger partial charge in [-0.1, -0.05) is 7.43 Å². The van der Waals surface area contributed by atoms with E-state index in [1.807, 2.05) is 83.3 Å². The molecule has 0 unspecified atom stereocenters. The second kappa shape index (κ2) is 43.0. The summed E-state index contributed by atoms with van der Waals surface area (Å²) in [6.07, 6.45) is 0. The van der Waals surface area contributed by atoms with Gasteiger partial charge in [-0.15, -0.1) is 0 Å². The molecule has 0 aliphatic heterocycles. The smallest absolute Gasteiger partial charge is 0.242 e. The number of hydrogen-bond donors (Lipinski definition) is 1. The number of nitrogens with zero attached hydrogens (tertiary/aromatic N) is 7. The fraction of sp³-hybridized carbons (Fsp3) is 0.733. The Hall–Kier alpha value is -3.04. The number of hydrogen-bond acceptors (Lipinski definition) is 8. The zero-order valence-corrected chi connectivity index (χ0v) is 29.4. The Morgan fingerprint density at radius 3 is 0.775 bits per heavy atom. The SMILES string of the molecule is C.CC(=O)N=C(C)C.CC(C)=NN(C)C.CC(C)=O.CC(C)=[N+](C)O.CN=C(C)C.CN=C(C)C.CN=C(C)C. The minimum atomic E-state index is -0.125. The highest BCUT2D eigenvalue weighted by Crippen LogP contribution is 1.76. The maximum Gasteiger partial charge on any atom is 0.242 e. The quantitative estimate of drug-likeness (QED) is 0.157. The molecule has 0 rings (SSSR count). The summed E-state index contributed by atoms with van der Waals surface area (Å²) in [5.74, 6) is 0.0417. The number of carbonyl (C=O) groups excluding carboxylic acids is 2. The van der Waals surface area contributed by atoms with Gasteiger partial charge in [-0.05, 0) is 87.8 Å². The second-order valence-electron chi connectivity index (χ2n) is 9.36. The van der Waals surface area contributed by atoms with Crippen LogP contribution in [0.5, 0.6) is 0 Å². The van der Waals surface area contributed by atoms with Crippen LogP contribution in [0.4, 0.5) is 0 Å². The van der Waals surface area contributed by atoms with E-state index < -0.39 is 0 Å². The van der Waals surface area contributed by atoms with E-state index in [1.165, 1.54) is 20.8 Å². The molecule has 0 aromatic heterocycles. The van der Waals surface area contributed by atoms with Crippen molar-refractivity contribution in [1.82, 2.24) is 5.01 Å². The molecule has 1 N–H and O–H groups in total.